The van der Waals surface area contributed by atoms with E-state index in [1.54, 1.807) is 24.3 Å². The molecule has 2 aromatic carbocycles. The Balaban J connectivity index is 1.88. The highest BCUT2D eigenvalue weighted by atomic mass is 35.5. The second-order valence-corrected chi connectivity index (χ2v) is 6.36. The van der Waals surface area contributed by atoms with E-state index in [1.807, 2.05) is 39.0 Å². The average Bonchev–Trinajstić information content (AvgIpc) is 2.54. The Kier molecular flexibility index (Phi) is 6.37. The Bertz CT molecular complexity index is 805. The fourth-order valence-electron chi connectivity index (χ4n) is 2.57. The van der Waals surface area contributed by atoms with Crippen LogP contribution in [0.3, 0.4) is 0 Å². The van der Waals surface area contributed by atoms with E-state index in [1.165, 1.54) is 6.08 Å². The van der Waals surface area contributed by atoms with Crippen molar-refractivity contribution in [3.05, 3.63) is 69.8 Å². The van der Waals surface area contributed by atoms with Gasteiger partial charge in [0, 0.05) is 16.8 Å². The van der Waals surface area contributed by atoms with Gasteiger partial charge in [-0.25, -0.2) is 0 Å². The van der Waals surface area contributed by atoms with Crippen molar-refractivity contribution in [2.75, 3.05) is 11.9 Å². The first kappa shape index (κ1) is 18.7. The van der Waals surface area contributed by atoms with Crippen molar-refractivity contribution in [1.29, 1.82) is 0 Å². The van der Waals surface area contributed by atoms with Gasteiger partial charge in [-0.05, 0) is 55.7 Å². The van der Waals surface area contributed by atoms with Gasteiger partial charge in [0.25, 0.3) is 0 Å². The fourth-order valence-corrected chi connectivity index (χ4v) is 2.77. The number of hydrogen-bond acceptors (Lipinski definition) is 2. The Morgan fingerprint density at radius 1 is 1.08 bits per heavy atom. The van der Waals surface area contributed by atoms with E-state index < -0.39 is 0 Å². The van der Waals surface area contributed by atoms with Crippen LogP contribution in [0, 0.1) is 20.8 Å². The van der Waals surface area contributed by atoms with Gasteiger partial charge < -0.3 is 10.6 Å². The average molecular weight is 357 g/mol. The molecule has 0 atom stereocenters. The number of carbonyl (C=O) groups excluding carboxylic acids is 2. The molecule has 2 aromatic rings. The van der Waals surface area contributed by atoms with Gasteiger partial charge in [0.15, 0.2) is 0 Å². The van der Waals surface area contributed by atoms with Crippen molar-refractivity contribution in [3.63, 3.8) is 0 Å². The molecule has 0 radical (unpaired) electrons. The summed E-state index contributed by atoms with van der Waals surface area (Å²) in [6.07, 6.45) is 3.02. The van der Waals surface area contributed by atoms with Crippen LogP contribution in [0.25, 0.3) is 6.08 Å². The predicted octanol–water partition coefficient (Wildman–Crippen LogP) is 4.03. The van der Waals surface area contributed by atoms with Gasteiger partial charge in [0.05, 0.1) is 6.54 Å². The van der Waals surface area contributed by atoms with Gasteiger partial charge in [-0.15, -0.1) is 0 Å². The minimum atomic E-state index is -0.340. The predicted molar refractivity (Wildman–Crippen MR) is 103 cm³/mol. The van der Waals surface area contributed by atoms with E-state index in [9.17, 15) is 9.59 Å². The van der Waals surface area contributed by atoms with Gasteiger partial charge in [0.1, 0.15) is 0 Å². The highest BCUT2D eigenvalue weighted by Gasteiger charge is 2.09. The van der Waals surface area contributed by atoms with E-state index in [4.69, 9.17) is 11.6 Å². The maximum Gasteiger partial charge on any atom is 0.244 e. The van der Waals surface area contributed by atoms with Crippen LogP contribution >= 0.6 is 11.6 Å². The molecule has 2 rings (SSSR count). The Morgan fingerprint density at radius 2 is 1.76 bits per heavy atom. The zero-order valence-electron chi connectivity index (χ0n) is 14.5. The summed E-state index contributed by atoms with van der Waals surface area (Å²) in [5.74, 6) is -0.605. The molecule has 0 aliphatic carbocycles. The van der Waals surface area contributed by atoms with E-state index in [0.29, 0.717) is 5.02 Å². The van der Waals surface area contributed by atoms with Crippen LogP contribution in [0.2, 0.25) is 5.02 Å². The van der Waals surface area contributed by atoms with Crippen molar-refractivity contribution < 1.29 is 9.59 Å². The van der Waals surface area contributed by atoms with E-state index in [0.717, 1.165) is 27.9 Å². The molecule has 5 heteroatoms. The Labute approximate surface area is 152 Å². The molecule has 0 unspecified atom stereocenters. The Morgan fingerprint density at radius 3 is 2.40 bits per heavy atom. The van der Waals surface area contributed by atoms with E-state index in [-0.39, 0.29) is 18.4 Å². The summed E-state index contributed by atoms with van der Waals surface area (Å²) in [5.41, 5.74) is 4.75. The van der Waals surface area contributed by atoms with Crippen molar-refractivity contribution in [3.8, 4) is 0 Å². The summed E-state index contributed by atoms with van der Waals surface area (Å²) >= 11 is 5.89. The topological polar surface area (TPSA) is 58.2 Å². The zero-order chi connectivity index (χ0) is 18.4. The van der Waals surface area contributed by atoms with Crippen molar-refractivity contribution in [2.45, 2.75) is 20.8 Å². The SMILES string of the molecule is Cc1cc(C)c(NC(=O)CNC(=O)/C=C/c2cccc(Cl)c2)c(C)c1. The smallest absolute Gasteiger partial charge is 0.244 e. The van der Waals surface area contributed by atoms with Crippen LogP contribution in [0.1, 0.15) is 22.3 Å². The highest BCUT2D eigenvalue weighted by molar-refractivity contribution is 6.30. The molecule has 0 saturated heterocycles. The van der Waals surface area contributed by atoms with Crippen LogP contribution in [0.5, 0.6) is 0 Å². The van der Waals surface area contributed by atoms with Crippen LogP contribution in [0.15, 0.2) is 42.5 Å². The fraction of sp³-hybridized carbons (Fsp3) is 0.200. The van der Waals surface area contributed by atoms with Crippen LogP contribution in [-0.4, -0.2) is 18.4 Å². The van der Waals surface area contributed by atoms with Crippen LogP contribution in [0.4, 0.5) is 5.69 Å². The van der Waals surface area contributed by atoms with Gasteiger partial charge in [-0.2, -0.15) is 0 Å². The molecule has 0 saturated carbocycles. The molecule has 0 fully saturated rings. The molecular formula is C20H21ClN2O2. The molecule has 0 aliphatic rings. The maximum atomic E-state index is 12.1. The number of benzene rings is 2. The number of nitrogens with one attached hydrogen (secondary N) is 2. The summed E-state index contributed by atoms with van der Waals surface area (Å²) in [6.45, 7) is 5.81. The first-order valence-corrected chi connectivity index (χ1v) is 8.32. The summed E-state index contributed by atoms with van der Waals surface area (Å²) in [4.78, 5) is 23.9. The molecule has 25 heavy (non-hydrogen) atoms. The zero-order valence-corrected chi connectivity index (χ0v) is 15.3. The highest BCUT2D eigenvalue weighted by Crippen LogP contribution is 2.21. The lowest BCUT2D eigenvalue weighted by molar-refractivity contribution is -0.121. The van der Waals surface area contributed by atoms with Gasteiger partial charge in [-0.3, -0.25) is 9.59 Å². The third-order valence-corrected chi connectivity index (χ3v) is 3.88. The number of rotatable bonds is 5. The van der Waals surface area contributed by atoms with Crippen molar-refractivity contribution in [1.82, 2.24) is 5.32 Å². The van der Waals surface area contributed by atoms with Crippen molar-refractivity contribution >= 4 is 35.2 Å². The van der Waals surface area contributed by atoms with Crippen LogP contribution in [-0.2, 0) is 9.59 Å². The van der Waals surface area contributed by atoms with Gasteiger partial charge in [-0.1, -0.05) is 41.4 Å². The molecule has 0 heterocycles. The first-order chi connectivity index (χ1) is 11.8. The molecule has 0 spiro atoms. The number of amides is 2. The Hall–Kier alpha value is -2.59. The number of aryl methyl sites for hydroxylation is 3. The summed E-state index contributed by atoms with van der Waals surface area (Å²) in [6, 6.07) is 11.2. The van der Waals surface area contributed by atoms with Crippen LogP contribution < -0.4 is 10.6 Å². The maximum absolute atomic E-state index is 12.1. The quantitative estimate of drug-likeness (QED) is 0.794. The van der Waals surface area contributed by atoms with E-state index >= 15 is 0 Å². The lowest BCUT2D eigenvalue weighted by Crippen LogP contribution is -2.32. The number of halogens is 1. The molecule has 130 valence electrons. The normalized spacial score (nSPS) is 10.7. The second kappa shape index (κ2) is 8.49. The molecule has 2 amide bonds. The molecule has 0 aromatic heterocycles. The van der Waals surface area contributed by atoms with Gasteiger partial charge in [0.2, 0.25) is 11.8 Å². The standard InChI is InChI=1S/C20H21ClN2O2/c1-13-9-14(2)20(15(3)10-13)23-19(25)12-22-18(24)8-7-16-5-4-6-17(21)11-16/h4-11H,12H2,1-3H3,(H,22,24)(H,23,25)/b8-7+. The van der Waals surface area contributed by atoms with E-state index in [2.05, 4.69) is 10.6 Å². The summed E-state index contributed by atoms with van der Waals surface area (Å²) < 4.78 is 0. The van der Waals surface area contributed by atoms with Gasteiger partial charge >= 0.3 is 0 Å². The second-order valence-electron chi connectivity index (χ2n) is 5.93. The van der Waals surface area contributed by atoms with Crippen molar-refractivity contribution in [2.24, 2.45) is 0 Å². The monoisotopic (exact) mass is 356 g/mol. The minimum absolute atomic E-state index is 0.0918. The summed E-state index contributed by atoms with van der Waals surface area (Å²) in [5, 5.41) is 6.02. The third kappa shape index (κ3) is 5.76. The molecule has 0 aliphatic heterocycles. The number of carbonyl (C=O) groups is 2. The molecule has 2 N–H and O–H groups in total. The lowest BCUT2D eigenvalue weighted by Gasteiger charge is -2.13. The summed E-state index contributed by atoms with van der Waals surface area (Å²) in [7, 11) is 0. The largest absolute Gasteiger partial charge is 0.343 e. The molecule has 0 bridgehead atoms. The lowest BCUT2D eigenvalue weighted by atomic mass is 10.1. The third-order valence-electron chi connectivity index (χ3n) is 3.64. The number of hydrogen-bond donors (Lipinski definition) is 2. The molecule has 4 nitrogen and oxygen atoms in total. The minimum Gasteiger partial charge on any atom is -0.343 e. The first-order valence-electron chi connectivity index (χ1n) is 7.94. The molecular weight excluding hydrogens is 336 g/mol. The number of anilines is 1.